The molecule has 0 spiro atoms. The molecule has 1 heterocycles. The van der Waals surface area contributed by atoms with Gasteiger partial charge in [0.05, 0.1) is 12.3 Å². The van der Waals surface area contributed by atoms with Gasteiger partial charge in [-0.3, -0.25) is 4.79 Å². The molecule has 7 heteroatoms. The molecule has 5 rings (SSSR count). The molecule has 4 aromatic carbocycles. The van der Waals surface area contributed by atoms with E-state index in [1.165, 1.54) is 29.3 Å². The Hall–Kier alpha value is -4.65. The Balaban J connectivity index is 1.35. The third kappa shape index (κ3) is 4.90. The molecule has 1 atom stereocenters. The van der Waals surface area contributed by atoms with Gasteiger partial charge >= 0.3 is 6.03 Å². The van der Waals surface area contributed by atoms with E-state index in [2.05, 4.69) is 10.4 Å². The van der Waals surface area contributed by atoms with Gasteiger partial charge in [0, 0.05) is 22.7 Å². The molecule has 0 fully saturated rings. The minimum absolute atomic E-state index is 0.108. The van der Waals surface area contributed by atoms with Crippen LogP contribution in [0.2, 0.25) is 0 Å². The van der Waals surface area contributed by atoms with Gasteiger partial charge in [-0.2, -0.15) is 5.10 Å². The van der Waals surface area contributed by atoms with Crippen molar-refractivity contribution in [1.29, 1.82) is 0 Å². The second-order valence-corrected chi connectivity index (χ2v) is 8.38. The molecule has 4 aromatic rings. The number of hydrazone groups is 1. The topological polar surface area (TPSA) is 61.8 Å². The van der Waals surface area contributed by atoms with E-state index in [1.54, 1.807) is 72.8 Å². The van der Waals surface area contributed by atoms with Crippen molar-refractivity contribution in [1.82, 2.24) is 5.01 Å². The van der Waals surface area contributed by atoms with E-state index in [-0.39, 0.29) is 29.9 Å². The Bertz CT molecular complexity index is 1420. The summed E-state index contributed by atoms with van der Waals surface area (Å²) in [5.41, 5.74) is 3.64. The third-order valence-corrected chi connectivity index (χ3v) is 6.00. The first kappa shape index (κ1) is 23.1. The number of anilines is 1. The molecule has 1 aliphatic rings. The minimum Gasteiger partial charge on any atom is -0.306 e. The van der Waals surface area contributed by atoms with Crippen molar-refractivity contribution in [2.24, 2.45) is 5.10 Å². The zero-order valence-electron chi connectivity index (χ0n) is 19.1. The summed E-state index contributed by atoms with van der Waals surface area (Å²) in [5.74, 6) is -1.16. The fraction of sp³-hybridized carbons (Fsp3) is 0.0690. The Labute approximate surface area is 206 Å². The summed E-state index contributed by atoms with van der Waals surface area (Å²) in [6.45, 7) is 0.231. The average molecular weight is 482 g/mol. The van der Waals surface area contributed by atoms with Gasteiger partial charge in [0.2, 0.25) is 0 Å². The predicted octanol–water partition coefficient (Wildman–Crippen LogP) is 6.23. The lowest BCUT2D eigenvalue weighted by atomic mass is 9.90. The number of amides is 2. The number of halogens is 2. The summed E-state index contributed by atoms with van der Waals surface area (Å²) in [6, 6.07) is 27.0. The van der Waals surface area contributed by atoms with Crippen molar-refractivity contribution in [2.75, 3.05) is 11.9 Å². The van der Waals surface area contributed by atoms with Crippen molar-refractivity contribution < 1.29 is 18.4 Å². The zero-order valence-corrected chi connectivity index (χ0v) is 19.1. The van der Waals surface area contributed by atoms with Crippen LogP contribution in [0, 0.1) is 11.6 Å². The summed E-state index contributed by atoms with van der Waals surface area (Å²) < 4.78 is 27.0. The van der Waals surface area contributed by atoms with E-state index in [0.29, 0.717) is 28.1 Å². The highest BCUT2D eigenvalue weighted by molar-refractivity contribution is 6.09. The van der Waals surface area contributed by atoms with Crippen molar-refractivity contribution in [3.8, 4) is 0 Å². The molecule has 0 unspecified atom stereocenters. The number of urea groups is 1. The number of hydrogen-bond acceptors (Lipinski definition) is 3. The maximum atomic E-state index is 13.5. The van der Waals surface area contributed by atoms with Crippen LogP contribution in [0.3, 0.4) is 0 Å². The first-order valence-electron chi connectivity index (χ1n) is 11.4. The number of nitrogens with one attached hydrogen (secondary N) is 1. The highest BCUT2D eigenvalue weighted by Gasteiger charge is 2.32. The Morgan fingerprint density at radius 3 is 1.97 bits per heavy atom. The van der Waals surface area contributed by atoms with Gasteiger partial charge in [-0.05, 0) is 59.7 Å². The molecule has 178 valence electrons. The average Bonchev–Trinajstić information content (AvgIpc) is 3.36. The van der Waals surface area contributed by atoms with Crippen LogP contribution in [0.25, 0.3) is 0 Å². The molecule has 0 saturated heterocycles. The van der Waals surface area contributed by atoms with Gasteiger partial charge in [0.25, 0.3) is 0 Å². The monoisotopic (exact) mass is 481 g/mol. The van der Waals surface area contributed by atoms with Gasteiger partial charge in [-0.1, -0.05) is 54.6 Å². The molecule has 0 aliphatic carbocycles. The fourth-order valence-corrected chi connectivity index (χ4v) is 4.12. The fourth-order valence-electron chi connectivity index (χ4n) is 4.12. The minimum atomic E-state index is -0.457. The van der Waals surface area contributed by atoms with Gasteiger partial charge < -0.3 is 5.32 Å². The molecule has 1 aliphatic heterocycles. The van der Waals surface area contributed by atoms with Crippen molar-refractivity contribution >= 4 is 23.2 Å². The molecule has 1 N–H and O–H groups in total. The largest absolute Gasteiger partial charge is 0.342 e. The lowest BCUT2D eigenvalue weighted by Gasteiger charge is -2.16. The van der Waals surface area contributed by atoms with Crippen LogP contribution >= 0.6 is 0 Å². The molecule has 0 radical (unpaired) electrons. The van der Waals surface area contributed by atoms with Crippen LogP contribution in [-0.2, 0) is 0 Å². The molecule has 0 aromatic heterocycles. The van der Waals surface area contributed by atoms with Crippen LogP contribution in [0.1, 0.15) is 33.0 Å². The smallest absolute Gasteiger partial charge is 0.306 e. The van der Waals surface area contributed by atoms with E-state index < -0.39 is 6.03 Å². The van der Waals surface area contributed by atoms with Crippen LogP contribution in [0.15, 0.2) is 108 Å². The van der Waals surface area contributed by atoms with Crippen LogP contribution in [0.4, 0.5) is 19.3 Å². The van der Waals surface area contributed by atoms with E-state index in [0.717, 1.165) is 5.56 Å². The van der Waals surface area contributed by atoms with Crippen LogP contribution in [-0.4, -0.2) is 29.1 Å². The second kappa shape index (κ2) is 9.92. The van der Waals surface area contributed by atoms with Crippen molar-refractivity contribution in [3.05, 3.63) is 137 Å². The van der Waals surface area contributed by atoms with E-state index in [4.69, 9.17) is 0 Å². The van der Waals surface area contributed by atoms with E-state index >= 15 is 0 Å². The second-order valence-electron chi connectivity index (χ2n) is 8.38. The highest BCUT2D eigenvalue weighted by atomic mass is 19.1. The first-order valence-corrected chi connectivity index (χ1v) is 11.4. The number of ketones is 1. The summed E-state index contributed by atoms with van der Waals surface area (Å²) in [7, 11) is 0. The quantitative estimate of drug-likeness (QED) is 0.344. The van der Waals surface area contributed by atoms with Gasteiger partial charge in [0.15, 0.2) is 5.78 Å². The molecule has 36 heavy (non-hydrogen) atoms. The SMILES string of the molecule is O=C(c1ccccc1)c1ccc(NC(=O)N2C[C@H](c3ccc(F)cc3)C(c3ccc(F)cc3)=N2)cc1. The number of rotatable bonds is 5. The maximum absolute atomic E-state index is 13.5. The Morgan fingerprint density at radius 2 is 1.33 bits per heavy atom. The lowest BCUT2D eigenvalue weighted by Crippen LogP contribution is -2.30. The van der Waals surface area contributed by atoms with E-state index in [9.17, 15) is 18.4 Å². The zero-order chi connectivity index (χ0) is 25.1. The first-order chi connectivity index (χ1) is 17.5. The molecular formula is C29H21F2N3O2. The predicted molar refractivity (Wildman–Crippen MR) is 134 cm³/mol. The van der Waals surface area contributed by atoms with E-state index in [1.807, 2.05) is 6.07 Å². The van der Waals surface area contributed by atoms with Gasteiger partial charge in [-0.15, -0.1) is 0 Å². The highest BCUT2D eigenvalue weighted by Crippen LogP contribution is 2.29. The normalized spacial score (nSPS) is 14.9. The summed E-state index contributed by atoms with van der Waals surface area (Å²) in [4.78, 5) is 25.7. The lowest BCUT2D eigenvalue weighted by molar-refractivity contribution is 0.103. The Morgan fingerprint density at radius 1 is 0.750 bits per heavy atom. The maximum Gasteiger partial charge on any atom is 0.342 e. The number of carbonyl (C=O) groups excluding carboxylic acids is 2. The molecule has 5 nitrogen and oxygen atoms in total. The Kier molecular flexibility index (Phi) is 6.36. The third-order valence-electron chi connectivity index (χ3n) is 6.00. The molecular weight excluding hydrogens is 460 g/mol. The standard InChI is InChI=1S/C29H21F2N3O2/c30-23-12-6-19(7-13-23)26-18-34(33-27(26)20-8-14-24(31)15-9-20)29(36)32-25-16-10-22(11-17-25)28(35)21-4-2-1-3-5-21/h1-17,26H,18H2,(H,32,36)/t26-/m1/s1. The number of benzene rings is 4. The summed E-state index contributed by atoms with van der Waals surface area (Å²) in [6.07, 6.45) is 0. The number of carbonyl (C=O) groups is 2. The van der Waals surface area contributed by atoms with Crippen molar-refractivity contribution in [2.45, 2.75) is 5.92 Å². The summed E-state index contributed by atoms with van der Waals surface area (Å²) in [5, 5.41) is 8.62. The molecule has 2 amide bonds. The van der Waals surface area contributed by atoms with Gasteiger partial charge in [-0.25, -0.2) is 18.6 Å². The van der Waals surface area contributed by atoms with Crippen molar-refractivity contribution in [3.63, 3.8) is 0 Å². The molecule has 0 saturated carbocycles. The number of nitrogens with zero attached hydrogens (tertiary/aromatic N) is 2. The van der Waals surface area contributed by atoms with Crippen LogP contribution in [0.5, 0.6) is 0 Å². The van der Waals surface area contributed by atoms with Crippen LogP contribution < -0.4 is 5.32 Å². The molecule has 0 bridgehead atoms. The van der Waals surface area contributed by atoms with Gasteiger partial charge in [0.1, 0.15) is 11.6 Å². The number of hydrogen-bond donors (Lipinski definition) is 1. The summed E-state index contributed by atoms with van der Waals surface area (Å²) >= 11 is 0.